The number of nitrogens with one attached hydrogen (secondary N) is 2. The summed E-state index contributed by atoms with van der Waals surface area (Å²) in [6.07, 6.45) is 1.10. The number of thiazole rings is 1. The molecule has 1 fully saturated rings. The number of aromatic nitrogens is 1. The van der Waals surface area contributed by atoms with Crippen molar-refractivity contribution >= 4 is 23.3 Å². The Hall–Kier alpha value is -2.41. The summed E-state index contributed by atoms with van der Waals surface area (Å²) in [6.45, 7) is 10.9. The maximum absolute atomic E-state index is 12.1. The number of benzene rings is 1. The van der Waals surface area contributed by atoms with Gasteiger partial charge in [0.25, 0.3) is 0 Å². The topological polar surface area (TPSA) is 75.6 Å². The van der Waals surface area contributed by atoms with Crippen LogP contribution in [0.15, 0.2) is 29.3 Å². The minimum absolute atomic E-state index is 0.0599. The van der Waals surface area contributed by atoms with Crippen LogP contribution in [0.4, 0.5) is 0 Å². The van der Waals surface area contributed by atoms with E-state index in [0.29, 0.717) is 35.7 Å². The Kier molecular flexibility index (Phi) is 6.90. The summed E-state index contributed by atoms with van der Waals surface area (Å²) in [5.74, 6) is 1.00. The molecule has 1 saturated carbocycles. The van der Waals surface area contributed by atoms with Gasteiger partial charge in [-0.1, -0.05) is 24.3 Å². The summed E-state index contributed by atoms with van der Waals surface area (Å²) in [7, 11) is 0. The van der Waals surface area contributed by atoms with Gasteiger partial charge in [-0.05, 0) is 52.2 Å². The maximum atomic E-state index is 12.1. The second kappa shape index (κ2) is 9.39. The number of ether oxygens (including phenoxy) is 1. The fourth-order valence-corrected chi connectivity index (χ4v) is 4.39. The first-order chi connectivity index (χ1) is 13.9. The monoisotopic (exact) mass is 414 g/mol. The highest BCUT2D eigenvalue weighted by Gasteiger charge is 2.39. The van der Waals surface area contributed by atoms with Crippen LogP contribution >= 0.6 is 11.3 Å². The lowest BCUT2D eigenvalue weighted by molar-refractivity contribution is 0.0531. The zero-order chi connectivity index (χ0) is 21.0. The van der Waals surface area contributed by atoms with E-state index in [2.05, 4.69) is 51.8 Å². The quantitative estimate of drug-likeness (QED) is 0.405. The Morgan fingerprint density at radius 1 is 1.34 bits per heavy atom. The highest BCUT2D eigenvalue weighted by Crippen LogP contribution is 2.42. The third-order valence-electron chi connectivity index (χ3n) is 5.01. The Labute approximate surface area is 176 Å². The normalized spacial score (nSPS) is 19.6. The van der Waals surface area contributed by atoms with E-state index in [4.69, 9.17) is 4.74 Å². The molecule has 1 aromatic carbocycles. The lowest BCUT2D eigenvalue weighted by atomic mass is 10.0. The number of hydrogen-bond acceptors (Lipinski definition) is 5. The van der Waals surface area contributed by atoms with Gasteiger partial charge in [-0.25, -0.2) is 9.78 Å². The van der Waals surface area contributed by atoms with Gasteiger partial charge in [0.15, 0.2) is 5.96 Å². The summed E-state index contributed by atoms with van der Waals surface area (Å²) < 4.78 is 5.12. The predicted octanol–water partition coefficient (Wildman–Crippen LogP) is 4.11. The lowest BCUT2D eigenvalue weighted by Gasteiger charge is -2.17. The fraction of sp³-hybridized carbons (Fsp3) is 0.500. The van der Waals surface area contributed by atoms with Crippen LogP contribution in [-0.2, 0) is 4.74 Å². The minimum Gasteiger partial charge on any atom is -0.462 e. The van der Waals surface area contributed by atoms with E-state index in [-0.39, 0.29) is 12.0 Å². The molecule has 0 bridgehead atoms. The highest BCUT2D eigenvalue weighted by molar-refractivity contribution is 7.13. The van der Waals surface area contributed by atoms with Crippen molar-refractivity contribution in [3.63, 3.8) is 0 Å². The van der Waals surface area contributed by atoms with Gasteiger partial charge in [-0.15, -0.1) is 11.3 Å². The van der Waals surface area contributed by atoms with E-state index in [0.717, 1.165) is 17.4 Å². The van der Waals surface area contributed by atoms with Crippen LogP contribution in [0.5, 0.6) is 0 Å². The zero-order valence-corrected chi connectivity index (χ0v) is 18.6. The molecule has 7 heteroatoms. The predicted molar refractivity (Wildman–Crippen MR) is 118 cm³/mol. The smallest absolute Gasteiger partial charge is 0.350 e. The van der Waals surface area contributed by atoms with E-state index < -0.39 is 0 Å². The van der Waals surface area contributed by atoms with E-state index in [1.807, 2.05) is 20.8 Å². The van der Waals surface area contributed by atoms with Crippen molar-refractivity contribution in [3.8, 4) is 0 Å². The molecule has 3 rings (SSSR count). The van der Waals surface area contributed by atoms with Gasteiger partial charge in [0.1, 0.15) is 9.88 Å². The molecule has 6 nitrogen and oxygen atoms in total. The molecule has 2 aromatic rings. The molecular weight excluding hydrogens is 384 g/mol. The number of esters is 1. The first kappa shape index (κ1) is 21.3. The van der Waals surface area contributed by atoms with Gasteiger partial charge in [0, 0.05) is 18.5 Å². The van der Waals surface area contributed by atoms with Gasteiger partial charge in [0.2, 0.25) is 0 Å². The van der Waals surface area contributed by atoms with E-state index >= 15 is 0 Å². The first-order valence-corrected chi connectivity index (χ1v) is 11.0. The molecule has 29 heavy (non-hydrogen) atoms. The highest BCUT2D eigenvalue weighted by atomic mass is 32.1. The molecule has 1 aromatic heterocycles. The van der Waals surface area contributed by atoms with Gasteiger partial charge in [0.05, 0.1) is 18.3 Å². The average Bonchev–Trinajstić information content (AvgIpc) is 3.32. The molecule has 0 radical (unpaired) electrons. The summed E-state index contributed by atoms with van der Waals surface area (Å²) in [5.41, 5.74) is 3.45. The van der Waals surface area contributed by atoms with E-state index in [1.54, 1.807) is 6.92 Å². The lowest BCUT2D eigenvalue weighted by Crippen LogP contribution is -2.40. The minimum atomic E-state index is -0.305. The molecule has 3 unspecified atom stereocenters. The number of nitrogens with zero attached hydrogens (tertiary/aromatic N) is 2. The molecule has 1 aliphatic rings. The molecule has 156 valence electrons. The van der Waals surface area contributed by atoms with Crippen molar-refractivity contribution in [1.29, 1.82) is 0 Å². The van der Waals surface area contributed by atoms with Crippen molar-refractivity contribution < 1.29 is 9.53 Å². The molecular formula is C22H30N4O2S. The average molecular weight is 415 g/mol. The third-order valence-corrected chi connectivity index (χ3v) is 6.33. The number of carbonyl (C=O) groups is 1. The fourth-order valence-electron chi connectivity index (χ4n) is 3.42. The van der Waals surface area contributed by atoms with Gasteiger partial charge in [-0.2, -0.15) is 0 Å². The molecule has 0 aliphatic heterocycles. The molecule has 0 amide bonds. The van der Waals surface area contributed by atoms with Crippen molar-refractivity contribution in [2.45, 2.75) is 59.0 Å². The Morgan fingerprint density at radius 2 is 2.10 bits per heavy atom. The van der Waals surface area contributed by atoms with E-state index in [9.17, 15) is 4.79 Å². The van der Waals surface area contributed by atoms with Crippen molar-refractivity contribution in [2.75, 3.05) is 13.2 Å². The molecule has 0 saturated heterocycles. The molecule has 2 N–H and O–H groups in total. The Bertz CT molecular complexity index is 893. The zero-order valence-electron chi connectivity index (χ0n) is 17.8. The van der Waals surface area contributed by atoms with Crippen molar-refractivity contribution in [2.24, 2.45) is 4.99 Å². The van der Waals surface area contributed by atoms with Crippen LogP contribution in [0, 0.1) is 13.8 Å². The van der Waals surface area contributed by atoms with Crippen LogP contribution in [-0.4, -0.2) is 36.1 Å². The number of guanidine groups is 1. The summed E-state index contributed by atoms with van der Waals surface area (Å²) in [5, 5.41) is 7.84. The maximum Gasteiger partial charge on any atom is 0.350 e. The van der Waals surface area contributed by atoms with Gasteiger partial charge < -0.3 is 15.4 Å². The summed E-state index contributed by atoms with van der Waals surface area (Å²) in [4.78, 5) is 21.8. The second-order valence-electron chi connectivity index (χ2n) is 7.33. The molecule has 3 atom stereocenters. The Balaban J connectivity index is 1.64. The Morgan fingerprint density at radius 3 is 2.79 bits per heavy atom. The van der Waals surface area contributed by atoms with E-state index in [1.165, 1.54) is 22.5 Å². The number of carbonyl (C=O) groups excluding carboxylic acids is 1. The molecule has 0 spiro atoms. The van der Waals surface area contributed by atoms with Gasteiger partial charge >= 0.3 is 5.97 Å². The van der Waals surface area contributed by atoms with Crippen LogP contribution < -0.4 is 10.6 Å². The third kappa shape index (κ3) is 5.15. The molecule has 1 heterocycles. The number of aliphatic imine (C=N–C) groups is 1. The largest absolute Gasteiger partial charge is 0.462 e. The van der Waals surface area contributed by atoms with Gasteiger partial charge in [-0.3, -0.25) is 4.99 Å². The van der Waals surface area contributed by atoms with Crippen LogP contribution in [0.1, 0.15) is 70.7 Å². The number of rotatable bonds is 7. The first-order valence-electron chi connectivity index (χ1n) is 10.2. The second-order valence-corrected chi connectivity index (χ2v) is 8.36. The summed E-state index contributed by atoms with van der Waals surface area (Å²) in [6, 6.07) is 8.88. The van der Waals surface area contributed by atoms with Crippen molar-refractivity contribution in [1.82, 2.24) is 15.6 Å². The standard InChI is InChI=1S/C22H30N4O2S/c1-6-23-22(26-18-12-17(18)16-11-9-8-10-13(16)3)25-15(5)20-24-14(4)19(29-20)21(27)28-7-2/h8-11,15,17-18H,6-7,12H2,1-5H3,(H2,23,25,26). The van der Waals surface area contributed by atoms with Crippen LogP contribution in [0.2, 0.25) is 0 Å². The summed E-state index contributed by atoms with van der Waals surface area (Å²) >= 11 is 1.38. The van der Waals surface area contributed by atoms with Crippen LogP contribution in [0.3, 0.4) is 0 Å². The number of hydrogen-bond donors (Lipinski definition) is 2. The van der Waals surface area contributed by atoms with Crippen LogP contribution in [0.25, 0.3) is 0 Å². The SMILES string of the molecule is CCN=C(NC(C)c1nc(C)c(C(=O)OCC)s1)NC1CC1c1ccccc1C. The molecule has 1 aliphatic carbocycles. The number of aryl methyl sites for hydroxylation is 2. The van der Waals surface area contributed by atoms with Crippen molar-refractivity contribution in [3.05, 3.63) is 51.0 Å².